The van der Waals surface area contributed by atoms with Crippen molar-refractivity contribution in [3.63, 3.8) is 0 Å². The molecule has 6 nitrogen and oxygen atoms in total. The number of likely N-dealkylation sites (tertiary alicyclic amines) is 2. The number of nitrogens with two attached hydrogens (primary N) is 1. The van der Waals surface area contributed by atoms with Gasteiger partial charge in [0, 0.05) is 45.0 Å². The Morgan fingerprint density at radius 2 is 1.74 bits per heavy atom. The fraction of sp³-hybridized carbons (Fsp3) is 0.696. The number of amides is 2. The molecule has 0 aromatic carbocycles. The van der Waals surface area contributed by atoms with Crippen LogP contribution in [0.4, 0.5) is 0 Å². The molecule has 0 unspecified atom stereocenters. The summed E-state index contributed by atoms with van der Waals surface area (Å²) in [4.78, 5) is 33.5. The molecule has 1 saturated carbocycles. The molecule has 0 radical (unpaired) electrons. The Hall–Kier alpha value is -1.37. The summed E-state index contributed by atoms with van der Waals surface area (Å²) < 4.78 is 0. The van der Waals surface area contributed by atoms with Crippen LogP contribution in [0.2, 0.25) is 0 Å². The Labute approximate surface area is 198 Å². The summed E-state index contributed by atoms with van der Waals surface area (Å²) >= 11 is 0. The lowest BCUT2D eigenvalue weighted by atomic mass is 9.72. The molecule has 4 rings (SSSR count). The van der Waals surface area contributed by atoms with Gasteiger partial charge < -0.3 is 15.5 Å². The Bertz CT molecular complexity index is 720. The first-order chi connectivity index (χ1) is 14.1. The van der Waals surface area contributed by atoms with Crippen molar-refractivity contribution in [2.75, 3.05) is 19.6 Å². The average Bonchev–Trinajstić information content (AvgIpc) is 2.77. The second kappa shape index (κ2) is 11.5. The molecular weight excluding hydrogens is 435 g/mol. The van der Waals surface area contributed by atoms with Crippen molar-refractivity contribution in [1.29, 1.82) is 0 Å². The van der Waals surface area contributed by atoms with E-state index in [4.69, 9.17) is 5.73 Å². The zero-order chi connectivity index (χ0) is 20.3. The van der Waals surface area contributed by atoms with Gasteiger partial charge in [0.1, 0.15) is 0 Å². The normalized spacial score (nSPS) is 22.4. The van der Waals surface area contributed by atoms with Crippen molar-refractivity contribution in [3.05, 3.63) is 30.1 Å². The molecule has 1 spiro atoms. The van der Waals surface area contributed by atoms with Crippen LogP contribution in [-0.2, 0) is 16.1 Å². The van der Waals surface area contributed by atoms with Crippen LogP contribution in [0, 0.1) is 11.3 Å². The monoisotopic (exact) mass is 470 g/mol. The first-order valence-electron chi connectivity index (χ1n) is 11.3. The summed E-state index contributed by atoms with van der Waals surface area (Å²) in [7, 11) is 0. The fourth-order valence-electron chi connectivity index (χ4n) is 5.47. The van der Waals surface area contributed by atoms with Crippen molar-refractivity contribution in [1.82, 2.24) is 14.8 Å². The van der Waals surface area contributed by atoms with Gasteiger partial charge in [-0.15, -0.1) is 24.8 Å². The van der Waals surface area contributed by atoms with Gasteiger partial charge in [0.2, 0.25) is 11.8 Å². The molecule has 2 N–H and O–H groups in total. The summed E-state index contributed by atoms with van der Waals surface area (Å²) in [6.07, 6.45) is 12.9. The molecule has 1 atom stereocenters. The van der Waals surface area contributed by atoms with Crippen LogP contribution < -0.4 is 5.73 Å². The Morgan fingerprint density at radius 3 is 2.39 bits per heavy atom. The number of rotatable bonds is 4. The Morgan fingerprint density at radius 1 is 1.10 bits per heavy atom. The molecular formula is C23H36Cl2N4O2. The van der Waals surface area contributed by atoms with Crippen LogP contribution >= 0.6 is 24.8 Å². The van der Waals surface area contributed by atoms with E-state index >= 15 is 0 Å². The molecule has 2 aliphatic heterocycles. The highest BCUT2D eigenvalue weighted by atomic mass is 35.5. The van der Waals surface area contributed by atoms with E-state index in [9.17, 15) is 9.59 Å². The van der Waals surface area contributed by atoms with E-state index in [2.05, 4.69) is 4.98 Å². The van der Waals surface area contributed by atoms with E-state index in [1.165, 1.54) is 19.3 Å². The van der Waals surface area contributed by atoms with Gasteiger partial charge in [-0.1, -0.05) is 19.3 Å². The second-order valence-corrected chi connectivity index (χ2v) is 9.35. The minimum absolute atomic E-state index is 0. The van der Waals surface area contributed by atoms with Gasteiger partial charge in [0.15, 0.2) is 0 Å². The number of carbonyl (C=O) groups excluding carboxylic acids is 2. The predicted octanol–water partition coefficient (Wildman–Crippen LogP) is 3.56. The van der Waals surface area contributed by atoms with E-state index < -0.39 is 0 Å². The van der Waals surface area contributed by atoms with Crippen LogP contribution in [-0.4, -0.2) is 52.3 Å². The van der Waals surface area contributed by atoms with E-state index in [0.29, 0.717) is 18.9 Å². The van der Waals surface area contributed by atoms with Crippen molar-refractivity contribution in [2.45, 2.75) is 70.4 Å². The zero-order valence-corrected chi connectivity index (χ0v) is 19.8. The van der Waals surface area contributed by atoms with Gasteiger partial charge in [-0.25, -0.2) is 0 Å². The minimum atomic E-state index is -0.333. The highest BCUT2D eigenvalue weighted by Crippen LogP contribution is 2.41. The lowest BCUT2D eigenvalue weighted by Gasteiger charge is -2.48. The Balaban J connectivity index is 0.00000171. The molecule has 1 aromatic heterocycles. The number of nitrogens with zero attached hydrogens (tertiary/aromatic N) is 3. The lowest BCUT2D eigenvalue weighted by molar-refractivity contribution is -0.144. The molecule has 174 valence electrons. The second-order valence-electron chi connectivity index (χ2n) is 9.35. The van der Waals surface area contributed by atoms with Crippen molar-refractivity contribution >= 4 is 36.6 Å². The van der Waals surface area contributed by atoms with Gasteiger partial charge in [-0.3, -0.25) is 14.6 Å². The average molecular weight is 471 g/mol. The SMILES string of the molecule is Cl.Cl.N[C@@H](C(=O)N1CCC2(CCC(=O)N(Cc3ccncc3)C2)CC1)C1CCCCC1. The molecule has 2 amide bonds. The van der Waals surface area contributed by atoms with E-state index in [0.717, 1.165) is 57.3 Å². The molecule has 2 saturated heterocycles. The molecule has 3 fully saturated rings. The summed E-state index contributed by atoms with van der Waals surface area (Å²) in [5, 5.41) is 0. The fourth-order valence-corrected chi connectivity index (χ4v) is 5.47. The maximum absolute atomic E-state index is 13.0. The van der Waals surface area contributed by atoms with Crippen molar-refractivity contribution in [3.8, 4) is 0 Å². The standard InChI is InChI=1S/C23H34N4O2.2ClH/c24-21(19-4-2-1-3-5-19)22(29)26-14-10-23(11-15-26)9-6-20(28)27(17-23)16-18-7-12-25-13-8-18;;/h7-8,12-13,19,21H,1-6,9-11,14-17,24H2;2*1H/t21-;;/m1../s1. The van der Waals surface area contributed by atoms with Crippen LogP contribution in [0.15, 0.2) is 24.5 Å². The maximum atomic E-state index is 13.0. The maximum Gasteiger partial charge on any atom is 0.239 e. The van der Waals surface area contributed by atoms with E-state index in [1.807, 2.05) is 21.9 Å². The number of pyridine rings is 1. The highest BCUT2D eigenvalue weighted by Gasteiger charge is 2.42. The van der Waals surface area contributed by atoms with E-state index in [-0.39, 0.29) is 48.1 Å². The number of hydrogen-bond acceptors (Lipinski definition) is 4. The topological polar surface area (TPSA) is 79.5 Å². The number of carbonyl (C=O) groups is 2. The van der Waals surface area contributed by atoms with Gasteiger partial charge in [0.25, 0.3) is 0 Å². The van der Waals surface area contributed by atoms with Crippen molar-refractivity contribution in [2.24, 2.45) is 17.1 Å². The minimum Gasteiger partial charge on any atom is -0.341 e. The third-order valence-corrected chi connectivity index (χ3v) is 7.45. The zero-order valence-electron chi connectivity index (χ0n) is 18.2. The summed E-state index contributed by atoms with van der Waals surface area (Å²) in [5.74, 6) is 0.743. The molecule has 1 aromatic rings. The Kier molecular flexibility index (Phi) is 9.59. The van der Waals surface area contributed by atoms with Crippen LogP contribution in [0.3, 0.4) is 0 Å². The third-order valence-electron chi connectivity index (χ3n) is 7.45. The summed E-state index contributed by atoms with van der Waals surface area (Å²) in [6.45, 7) is 3.00. The summed E-state index contributed by atoms with van der Waals surface area (Å²) in [6, 6.07) is 3.62. The first-order valence-corrected chi connectivity index (χ1v) is 11.3. The van der Waals surface area contributed by atoms with Gasteiger partial charge in [-0.05, 0) is 61.1 Å². The highest BCUT2D eigenvalue weighted by molar-refractivity contribution is 5.85. The van der Waals surface area contributed by atoms with Crippen molar-refractivity contribution < 1.29 is 9.59 Å². The first kappa shape index (κ1) is 25.9. The molecule has 8 heteroatoms. The predicted molar refractivity (Wildman–Crippen MR) is 126 cm³/mol. The van der Waals surface area contributed by atoms with Crippen LogP contribution in [0.25, 0.3) is 0 Å². The molecule has 3 aliphatic rings. The molecule has 0 bridgehead atoms. The van der Waals surface area contributed by atoms with Crippen LogP contribution in [0.5, 0.6) is 0 Å². The van der Waals surface area contributed by atoms with Crippen LogP contribution in [0.1, 0.15) is 63.4 Å². The number of halogens is 2. The molecule has 31 heavy (non-hydrogen) atoms. The van der Waals surface area contributed by atoms with Gasteiger partial charge in [0.05, 0.1) is 6.04 Å². The number of piperidine rings is 2. The third kappa shape index (κ3) is 6.11. The number of aromatic nitrogens is 1. The number of hydrogen-bond donors (Lipinski definition) is 1. The summed E-state index contributed by atoms with van der Waals surface area (Å²) in [5.41, 5.74) is 7.64. The smallest absolute Gasteiger partial charge is 0.239 e. The largest absolute Gasteiger partial charge is 0.341 e. The molecule has 1 aliphatic carbocycles. The molecule has 3 heterocycles. The lowest BCUT2D eigenvalue weighted by Crippen LogP contribution is -2.55. The van der Waals surface area contributed by atoms with Gasteiger partial charge >= 0.3 is 0 Å². The quantitative estimate of drug-likeness (QED) is 0.728. The van der Waals surface area contributed by atoms with Gasteiger partial charge in [-0.2, -0.15) is 0 Å². The van der Waals surface area contributed by atoms with E-state index in [1.54, 1.807) is 12.4 Å².